The minimum absolute atomic E-state index is 0. The monoisotopic (exact) mass is 422 g/mol. The van der Waals surface area contributed by atoms with Gasteiger partial charge in [0.2, 0.25) is 0 Å². The Morgan fingerprint density at radius 1 is 1.45 bits per heavy atom. The Morgan fingerprint density at radius 3 is 2.77 bits per heavy atom. The van der Waals surface area contributed by atoms with E-state index in [1.165, 1.54) is 0 Å². The van der Waals surface area contributed by atoms with E-state index in [0.717, 1.165) is 43.6 Å². The number of ether oxygens (including phenoxy) is 1. The predicted octanol–water partition coefficient (Wildman–Crippen LogP) is 1.36. The fourth-order valence-corrected chi connectivity index (χ4v) is 2.18. The molecule has 1 unspecified atom stereocenters. The molecule has 2 rings (SSSR count). The quantitative estimate of drug-likeness (QED) is 0.426. The number of guanidine groups is 1. The lowest BCUT2D eigenvalue weighted by Gasteiger charge is -2.17. The largest absolute Gasteiger partial charge is 0.376 e. The lowest BCUT2D eigenvalue weighted by molar-refractivity contribution is 0.113. The molecule has 2 heterocycles. The minimum atomic E-state index is 0. The summed E-state index contributed by atoms with van der Waals surface area (Å²) in [6.07, 6.45) is 2.56. The zero-order valence-electron chi connectivity index (χ0n) is 13.8. The van der Waals surface area contributed by atoms with Gasteiger partial charge in [-0.25, -0.2) is 4.99 Å². The average molecular weight is 422 g/mol. The summed E-state index contributed by atoms with van der Waals surface area (Å²) in [6.45, 7) is 8.28. The SMILES string of the molecule is Cc1nnc(CN=C(NCC2CCCO2)NC(C)C)n1C.I. The van der Waals surface area contributed by atoms with Crippen molar-refractivity contribution in [2.45, 2.75) is 52.3 Å². The molecule has 2 N–H and O–H groups in total. The summed E-state index contributed by atoms with van der Waals surface area (Å²) in [5.74, 6) is 2.54. The topological polar surface area (TPSA) is 76.4 Å². The molecule has 0 aliphatic carbocycles. The molecule has 1 aliphatic rings. The maximum absolute atomic E-state index is 5.62. The summed E-state index contributed by atoms with van der Waals surface area (Å²) >= 11 is 0. The zero-order valence-corrected chi connectivity index (χ0v) is 16.1. The third-order valence-electron chi connectivity index (χ3n) is 3.51. The molecule has 1 fully saturated rings. The van der Waals surface area contributed by atoms with Crippen molar-refractivity contribution in [3.05, 3.63) is 11.6 Å². The van der Waals surface area contributed by atoms with E-state index >= 15 is 0 Å². The first-order chi connectivity index (χ1) is 10.1. The highest BCUT2D eigenvalue weighted by atomic mass is 127. The number of nitrogens with zero attached hydrogens (tertiary/aromatic N) is 4. The van der Waals surface area contributed by atoms with Crippen molar-refractivity contribution < 1.29 is 4.74 Å². The van der Waals surface area contributed by atoms with Gasteiger partial charge in [0.25, 0.3) is 0 Å². The minimum Gasteiger partial charge on any atom is -0.376 e. The van der Waals surface area contributed by atoms with Gasteiger partial charge in [-0.3, -0.25) is 0 Å². The van der Waals surface area contributed by atoms with Gasteiger partial charge in [0.1, 0.15) is 12.4 Å². The second-order valence-corrected chi connectivity index (χ2v) is 5.70. The first-order valence-corrected chi connectivity index (χ1v) is 7.57. The number of hydrogen-bond donors (Lipinski definition) is 2. The van der Waals surface area contributed by atoms with Crippen LogP contribution >= 0.6 is 24.0 Å². The van der Waals surface area contributed by atoms with E-state index in [1.807, 2.05) is 18.5 Å². The summed E-state index contributed by atoms with van der Waals surface area (Å²) in [6, 6.07) is 0.321. The van der Waals surface area contributed by atoms with Gasteiger partial charge in [0.05, 0.1) is 6.10 Å². The van der Waals surface area contributed by atoms with Gasteiger partial charge in [-0.05, 0) is 33.6 Å². The van der Waals surface area contributed by atoms with Crippen molar-refractivity contribution in [2.24, 2.45) is 12.0 Å². The summed E-state index contributed by atoms with van der Waals surface area (Å²) in [4.78, 5) is 4.58. The number of nitrogens with one attached hydrogen (secondary N) is 2. The highest BCUT2D eigenvalue weighted by molar-refractivity contribution is 14.0. The first kappa shape index (κ1) is 19.1. The van der Waals surface area contributed by atoms with Crippen molar-refractivity contribution in [1.82, 2.24) is 25.4 Å². The molecule has 0 saturated carbocycles. The number of halogens is 1. The molecule has 0 aromatic carbocycles. The Bertz CT molecular complexity index is 482. The van der Waals surface area contributed by atoms with Crippen molar-refractivity contribution in [1.29, 1.82) is 0 Å². The van der Waals surface area contributed by atoms with Crippen LogP contribution in [-0.4, -0.2) is 46.0 Å². The van der Waals surface area contributed by atoms with E-state index in [9.17, 15) is 0 Å². The van der Waals surface area contributed by atoms with E-state index in [0.29, 0.717) is 18.7 Å². The first-order valence-electron chi connectivity index (χ1n) is 7.57. The maximum Gasteiger partial charge on any atom is 0.191 e. The standard InChI is InChI=1S/C14H26N6O.HI/c1-10(2)17-14(15-8-12-6-5-7-21-12)16-9-13-19-18-11(3)20(13)4;/h10,12H,5-9H2,1-4H3,(H2,15,16,17);1H. The van der Waals surface area contributed by atoms with Gasteiger partial charge in [0, 0.05) is 26.2 Å². The summed E-state index contributed by atoms with van der Waals surface area (Å²) in [7, 11) is 1.95. The fourth-order valence-electron chi connectivity index (χ4n) is 2.18. The number of aromatic nitrogens is 3. The highest BCUT2D eigenvalue weighted by Crippen LogP contribution is 2.10. The molecule has 1 saturated heterocycles. The van der Waals surface area contributed by atoms with E-state index in [1.54, 1.807) is 0 Å². The van der Waals surface area contributed by atoms with Crippen LogP contribution in [0.25, 0.3) is 0 Å². The Morgan fingerprint density at radius 2 is 2.23 bits per heavy atom. The van der Waals surface area contributed by atoms with Crippen LogP contribution in [-0.2, 0) is 18.3 Å². The fraction of sp³-hybridized carbons (Fsp3) is 0.786. The molecule has 0 radical (unpaired) electrons. The molecule has 1 aromatic rings. The van der Waals surface area contributed by atoms with Gasteiger partial charge < -0.3 is 19.9 Å². The molecule has 22 heavy (non-hydrogen) atoms. The molecule has 7 nitrogen and oxygen atoms in total. The third kappa shape index (κ3) is 5.71. The maximum atomic E-state index is 5.62. The van der Waals surface area contributed by atoms with Gasteiger partial charge in [-0.15, -0.1) is 34.2 Å². The highest BCUT2D eigenvalue weighted by Gasteiger charge is 2.16. The van der Waals surface area contributed by atoms with Crippen LogP contribution in [0, 0.1) is 6.92 Å². The van der Waals surface area contributed by atoms with Crippen LogP contribution in [0.4, 0.5) is 0 Å². The van der Waals surface area contributed by atoms with Crippen molar-refractivity contribution in [3.63, 3.8) is 0 Å². The molecular formula is C14H27IN6O. The zero-order chi connectivity index (χ0) is 15.2. The summed E-state index contributed by atoms with van der Waals surface area (Å²) in [5.41, 5.74) is 0. The van der Waals surface area contributed by atoms with E-state index < -0.39 is 0 Å². The van der Waals surface area contributed by atoms with E-state index in [-0.39, 0.29) is 24.0 Å². The number of aryl methyl sites for hydroxylation is 1. The second-order valence-electron chi connectivity index (χ2n) is 5.70. The lowest BCUT2D eigenvalue weighted by atomic mass is 10.2. The van der Waals surface area contributed by atoms with Crippen LogP contribution in [0.3, 0.4) is 0 Å². The smallest absolute Gasteiger partial charge is 0.191 e. The molecule has 1 aromatic heterocycles. The molecule has 126 valence electrons. The van der Waals surface area contributed by atoms with Crippen molar-refractivity contribution in [3.8, 4) is 0 Å². The van der Waals surface area contributed by atoms with E-state index in [2.05, 4.69) is 39.7 Å². The van der Waals surface area contributed by atoms with Crippen molar-refractivity contribution in [2.75, 3.05) is 13.2 Å². The van der Waals surface area contributed by atoms with Crippen LogP contribution in [0.2, 0.25) is 0 Å². The molecule has 1 atom stereocenters. The van der Waals surface area contributed by atoms with Crippen LogP contribution in [0.15, 0.2) is 4.99 Å². The number of hydrogen-bond acceptors (Lipinski definition) is 4. The van der Waals surface area contributed by atoms with Gasteiger partial charge >= 0.3 is 0 Å². The third-order valence-corrected chi connectivity index (χ3v) is 3.51. The summed E-state index contributed by atoms with van der Waals surface area (Å²) in [5, 5.41) is 14.8. The molecule has 0 bridgehead atoms. The normalized spacial score (nSPS) is 18.4. The van der Waals surface area contributed by atoms with E-state index in [4.69, 9.17) is 4.74 Å². The molecule has 1 aliphatic heterocycles. The Kier molecular flexibility index (Phi) is 8.08. The number of aliphatic imine (C=N–C) groups is 1. The lowest BCUT2D eigenvalue weighted by Crippen LogP contribution is -2.44. The van der Waals surface area contributed by atoms with Crippen LogP contribution < -0.4 is 10.6 Å². The predicted molar refractivity (Wildman–Crippen MR) is 97.5 cm³/mol. The van der Waals surface area contributed by atoms with Crippen molar-refractivity contribution >= 4 is 29.9 Å². The molecule has 0 amide bonds. The Balaban J connectivity index is 0.00000242. The van der Waals surface area contributed by atoms with Gasteiger partial charge in [-0.1, -0.05) is 0 Å². The van der Waals surface area contributed by atoms with Gasteiger partial charge in [0.15, 0.2) is 11.8 Å². The van der Waals surface area contributed by atoms with Crippen LogP contribution in [0.1, 0.15) is 38.3 Å². The average Bonchev–Trinajstić information content (AvgIpc) is 3.05. The Labute approximate surface area is 149 Å². The Hall–Kier alpha value is -0.900. The second kappa shape index (κ2) is 9.29. The molecule has 0 spiro atoms. The molecule has 8 heteroatoms. The number of rotatable bonds is 5. The van der Waals surface area contributed by atoms with Gasteiger partial charge in [-0.2, -0.15) is 0 Å². The van der Waals surface area contributed by atoms with Crippen LogP contribution in [0.5, 0.6) is 0 Å². The molecular weight excluding hydrogens is 395 g/mol. The summed E-state index contributed by atoms with van der Waals surface area (Å²) < 4.78 is 7.58.